The van der Waals surface area contributed by atoms with E-state index in [2.05, 4.69) is 24.3 Å². The Morgan fingerprint density at radius 3 is 1.58 bits per heavy atom. The Bertz CT molecular complexity index is 1180. The van der Waals surface area contributed by atoms with Crippen LogP contribution < -0.4 is 0 Å². The van der Waals surface area contributed by atoms with Crippen LogP contribution in [-0.2, 0) is 9.67 Å². The summed E-state index contributed by atoms with van der Waals surface area (Å²) in [5.41, 5.74) is 3.54. The molecule has 0 atom stereocenters. The molecule has 0 saturated heterocycles. The van der Waals surface area contributed by atoms with Gasteiger partial charge in [0.25, 0.3) is 0 Å². The SMILES string of the molecule is O=C(C1=C(c2ccccc2)OC(c2ccccc2)(c2ccccc2)S1)c1ccccc1. The second kappa shape index (κ2) is 8.29. The Morgan fingerprint density at radius 2 is 1.06 bits per heavy atom. The van der Waals surface area contributed by atoms with E-state index in [1.54, 1.807) is 0 Å². The summed E-state index contributed by atoms with van der Waals surface area (Å²) in [6.45, 7) is 0. The lowest BCUT2D eigenvalue weighted by atomic mass is 10.00. The van der Waals surface area contributed by atoms with Crippen LogP contribution in [0.1, 0.15) is 27.0 Å². The number of thioether (sulfide) groups is 1. The van der Waals surface area contributed by atoms with Crippen molar-refractivity contribution in [3.05, 3.63) is 148 Å². The fourth-order valence-corrected chi connectivity index (χ4v) is 5.15. The fraction of sp³-hybridized carbons (Fsp3) is 0.0357. The van der Waals surface area contributed by atoms with Gasteiger partial charge in [-0.15, -0.1) is 0 Å². The third-order valence-corrected chi connectivity index (χ3v) is 6.70. The number of ether oxygens (including phenoxy) is 1. The molecule has 0 fully saturated rings. The van der Waals surface area contributed by atoms with E-state index in [1.165, 1.54) is 11.8 Å². The van der Waals surface area contributed by atoms with Gasteiger partial charge in [-0.05, 0) is 0 Å². The first-order valence-electron chi connectivity index (χ1n) is 10.2. The number of Topliss-reactive ketones (excluding diaryl/α,β-unsaturated/α-hetero) is 1. The topological polar surface area (TPSA) is 26.3 Å². The van der Waals surface area contributed by atoms with Crippen LogP contribution in [0.15, 0.2) is 126 Å². The summed E-state index contributed by atoms with van der Waals surface area (Å²) >= 11 is 1.48. The highest BCUT2D eigenvalue weighted by atomic mass is 32.2. The normalized spacial score (nSPS) is 14.8. The predicted octanol–water partition coefficient (Wildman–Crippen LogP) is 6.90. The van der Waals surface area contributed by atoms with Crippen LogP contribution in [0, 0.1) is 0 Å². The van der Waals surface area contributed by atoms with Gasteiger partial charge in [0, 0.05) is 22.3 Å². The molecule has 0 aromatic heterocycles. The van der Waals surface area contributed by atoms with Crippen molar-refractivity contribution in [1.29, 1.82) is 0 Å². The third kappa shape index (κ3) is 3.58. The van der Waals surface area contributed by atoms with Crippen LogP contribution in [0.4, 0.5) is 0 Å². The molecule has 0 spiro atoms. The second-order valence-electron chi connectivity index (χ2n) is 7.27. The average molecular weight is 421 g/mol. The average Bonchev–Trinajstić information content (AvgIpc) is 3.28. The summed E-state index contributed by atoms with van der Waals surface area (Å²) in [6, 6.07) is 39.5. The molecular formula is C28H20O2S. The Morgan fingerprint density at radius 1 is 0.613 bits per heavy atom. The zero-order valence-corrected chi connectivity index (χ0v) is 17.6. The van der Waals surface area contributed by atoms with Crippen LogP contribution in [0.5, 0.6) is 0 Å². The van der Waals surface area contributed by atoms with Crippen molar-refractivity contribution in [3.8, 4) is 0 Å². The van der Waals surface area contributed by atoms with E-state index in [4.69, 9.17) is 4.74 Å². The van der Waals surface area contributed by atoms with Crippen molar-refractivity contribution < 1.29 is 9.53 Å². The Kier molecular flexibility index (Phi) is 5.19. The van der Waals surface area contributed by atoms with Gasteiger partial charge in [-0.3, -0.25) is 4.79 Å². The largest absolute Gasteiger partial charge is 0.466 e. The van der Waals surface area contributed by atoms with Crippen LogP contribution >= 0.6 is 11.8 Å². The molecule has 0 bridgehead atoms. The van der Waals surface area contributed by atoms with E-state index in [0.717, 1.165) is 16.7 Å². The predicted molar refractivity (Wildman–Crippen MR) is 126 cm³/mol. The minimum absolute atomic E-state index is 0.0295. The summed E-state index contributed by atoms with van der Waals surface area (Å²) in [4.78, 5) is 13.4. The number of benzene rings is 4. The molecule has 0 saturated carbocycles. The maximum absolute atomic E-state index is 13.6. The minimum atomic E-state index is -0.840. The number of rotatable bonds is 5. The first-order chi connectivity index (χ1) is 15.3. The summed E-state index contributed by atoms with van der Waals surface area (Å²) < 4.78 is 6.78. The van der Waals surface area contributed by atoms with Crippen LogP contribution in [-0.4, -0.2) is 5.78 Å². The maximum Gasteiger partial charge on any atom is 0.210 e. The molecule has 1 aliphatic rings. The Hall–Kier alpha value is -3.56. The van der Waals surface area contributed by atoms with Crippen LogP contribution in [0.3, 0.4) is 0 Å². The van der Waals surface area contributed by atoms with Gasteiger partial charge in [0.2, 0.25) is 10.7 Å². The molecule has 0 amide bonds. The number of hydrogen-bond donors (Lipinski definition) is 0. The minimum Gasteiger partial charge on any atom is -0.466 e. The number of carbonyl (C=O) groups is 1. The first-order valence-corrected chi connectivity index (χ1v) is 11.0. The molecule has 150 valence electrons. The Labute approximate surface area is 186 Å². The van der Waals surface area contributed by atoms with E-state index < -0.39 is 4.93 Å². The molecule has 4 aromatic rings. The van der Waals surface area contributed by atoms with Crippen LogP contribution in [0.25, 0.3) is 5.76 Å². The molecule has 0 unspecified atom stereocenters. The molecule has 5 rings (SSSR count). The van der Waals surface area contributed by atoms with Crippen molar-refractivity contribution in [3.63, 3.8) is 0 Å². The molecule has 1 aliphatic heterocycles. The molecule has 31 heavy (non-hydrogen) atoms. The van der Waals surface area contributed by atoms with Crippen molar-refractivity contribution in [2.24, 2.45) is 0 Å². The summed E-state index contributed by atoms with van der Waals surface area (Å²) in [6.07, 6.45) is 0. The first kappa shape index (κ1) is 19.4. The maximum atomic E-state index is 13.6. The standard InChI is InChI=1S/C28H20O2S/c29-25(21-13-5-1-6-14-21)27-26(22-15-7-2-8-16-22)30-28(31-27,23-17-9-3-10-18-23)24-19-11-4-12-20-24/h1-20H. The number of ketones is 1. The zero-order chi connectivity index (χ0) is 21.1. The third-order valence-electron chi connectivity index (χ3n) is 5.28. The van der Waals surface area contributed by atoms with Crippen molar-refractivity contribution in [2.45, 2.75) is 4.93 Å². The smallest absolute Gasteiger partial charge is 0.210 e. The van der Waals surface area contributed by atoms with Gasteiger partial charge in [-0.1, -0.05) is 133 Å². The zero-order valence-electron chi connectivity index (χ0n) is 16.8. The molecular weight excluding hydrogens is 400 g/mol. The monoisotopic (exact) mass is 420 g/mol. The van der Waals surface area contributed by atoms with Gasteiger partial charge in [0.1, 0.15) is 10.7 Å². The lowest BCUT2D eigenvalue weighted by Crippen LogP contribution is -2.23. The summed E-state index contributed by atoms with van der Waals surface area (Å²) in [7, 11) is 0. The van der Waals surface area contributed by atoms with Gasteiger partial charge in [0.15, 0.2) is 0 Å². The highest BCUT2D eigenvalue weighted by Gasteiger charge is 2.47. The van der Waals surface area contributed by atoms with Crippen molar-refractivity contribution >= 4 is 23.3 Å². The van der Waals surface area contributed by atoms with Gasteiger partial charge in [0.05, 0.1) is 0 Å². The summed E-state index contributed by atoms with van der Waals surface area (Å²) in [5, 5.41) is 0. The molecule has 3 heteroatoms. The lowest BCUT2D eigenvalue weighted by Gasteiger charge is -2.30. The highest BCUT2D eigenvalue weighted by Crippen LogP contribution is 2.57. The lowest BCUT2D eigenvalue weighted by molar-refractivity contribution is 0.104. The summed E-state index contributed by atoms with van der Waals surface area (Å²) in [5.74, 6) is 0.588. The molecule has 1 heterocycles. The van der Waals surface area contributed by atoms with Crippen molar-refractivity contribution in [1.82, 2.24) is 0 Å². The van der Waals surface area contributed by atoms with E-state index in [-0.39, 0.29) is 5.78 Å². The van der Waals surface area contributed by atoms with Crippen LogP contribution in [0.2, 0.25) is 0 Å². The Balaban J connectivity index is 1.70. The van der Waals surface area contributed by atoms with Crippen molar-refractivity contribution in [2.75, 3.05) is 0 Å². The van der Waals surface area contributed by atoms with E-state index in [0.29, 0.717) is 16.2 Å². The van der Waals surface area contributed by atoms with E-state index in [1.807, 2.05) is 97.1 Å². The fourth-order valence-electron chi connectivity index (χ4n) is 3.77. The van der Waals surface area contributed by atoms with Gasteiger partial charge < -0.3 is 4.74 Å². The quantitative estimate of drug-likeness (QED) is 0.328. The van der Waals surface area contributed by atoms with Gasteiger partial charge >= 0.3 is 0 Å². The molecule has 4 aromatic carbocycles. The number of hydrogen-bond acceptors (Lipinski definition) is 3. The number of allylic oxidation sites excluding steroid dienone is 1. The van der Waals surface area contributed by atoms with E-state index >= 15 is 0 Å². The molecule has 0 N–H and O–H groups in total. The second-order valence-corrected chi connectivity index (χ2v) is 8.46. The van der Waals surface area contributed by atoms with Gasteiger partial charge in [-0.25, -0.2) is 0 Å². The van der Waals surface area contributed by atoms with Gasteiger partial charge in [-0.2, -0.15) is 0 Å². The highest BCUT2D eigenvalue weighted by molar-refractivity contribution is 8.05. The number of carbonyl (C=O) groups excluding carboxylic acids is 1. The van der Waals surface area contributed by atoms with E-state index in [9.17, 15) is 4.79 Å². The molecule has 2 nitrogen and oxygen atoms in total. The molecule has 0 aliphatic carbocycles. The molecule has 0 radical (unpaired) electrons.